The third-order valence-corrected chi connectivity index (χ3v) is 4.86. The molecule has 1 heterocycles. The smallest absolute Gasteiger partial charge is 0.181 e. The van der Waals surface area contributed by atoms with Crippen molar-refractivity contribution >= 4 is 26.9 Å². The maximum Gasteiger partial charge on any atom is 0.181 e. The topological polar surface area (TPSA) is 65.2 Å². The van der Waals surface area contributed by atoms with E-state index in [0.717, 1.165) is 5.56 Å². The van der Waals surface area contributed by atoms with Gasteiger partial charge in [0.1, 0.15) is 5.25 Å². The van der Waals surface area contributed by atoms with Crippen molar-refractivity contribution in [2.45, 2.75) is 11.3 Å². The van der Waals surface area contributed by atoms with Crippen LogP contribution < -0.4 is 5.43 Å². The van der Waals surface area contributed by atoms with E-state index in [2.05, 4.69) is 16.6 Å². The van der Waals surface area contributed by atoms with Crippen molar-refractivity contribution in [3.63, 3.8) is 0 Å². The average molecular weight is 265 g/mol. The summed E-state index contributed by atoms with van der Waals surface area (Å²) in [7, 11) is -1.15. The monoisotopic (exact) mass is 265 g/mol. The molecule has 1 N–H and O–H groups in total. The fourth-order valence-electron chi connectivity index (χ4n) is 1.54. The Morgan fingerprint density at radius 1 is 1.47 bits per heavy atom. The van der Waals surface area contributed by atoms with Crippen LogP contribution in [0.15, 0.2) is 35.4 Å². The number of rotatable bonds is 1. The van der Waals surface area contributed by atoms with E-state index in [9.17, 15) is 4.21 Å². The van der Waals surface area contributed by atoms with Crippen LogP contribution in [0.5, 0.6) is 0 Å². The lowest BCUT2D eigenvalue weighted by molar-refractivity contribution is 0.575. The van der Waals surface area contributed by atoms with Gasteiger partial charge in [-0.3, -0.25) is 9.63 Å². The molecular weight excluding hydrogens is 254 g/mol. The number of nitrogens with one attached hydrogen (secondary N) is 1. The van der Waals surface area contributed by atoms with Gasteiger partial charge < -0.3 is 0 Å². The third kappa shape index (κ3) is 2.68. The highest BCUT2D eigenvalue weighted by atomic mass is 32.2. The standard InChI is InChI=1S/C11H11N3OS2/c1-17(15)11-14-13-10(9(7-12)16-11)8-5-3-2-4-6-8/h2-6,9-10,13H,1H3/t9-,10-,17?/m1/s1. The van der Waals surface area contributed by atoms with Crippen LogP contribution in [0.1, 0.15) is 11.6 Å². The molecule has 1 aliphatic heterocycles. The van der Waals surface area contributed by atoms with Crippen molar-refractivity contribution in [1.82, 2.24) is 5.43 Å². The zero-order valence-corrected chi connectivity index (χ0v) is 10.8. The maximum absolute atomic E-state index is 11.3. The summed E-state index contributed by atoms with van der Waals surface area (Å²) in [6.45, 7) is 0. The molecule has 0 fully saturated rings. The molecule has 0 radical (unpaired) electrons. The number of hydrogen-bond acceptors (Lipinski definition) is 5. The Kier molecular flexibility index (Phi) is 3.82. The van der Waals surface area contributed by atoms with Gasteiger partial charge in [-0.1, -0.05) is 42.1 Å². The van der Waals surface area contributed by atoms with E-state index in [1.165, 1.54) is 11.8 Å². The summed E-state index contributed by atoms with van der Waals surface area (Å²) >= 11 is 1.27. The molecule has 0 saturated carbocycles. The van der Waals surface area contributed by atoms with Gasteiger partial charge in [-0.05, 0) is 5.56 Å². The van der Waals surface area contributed by atoms with Gasteiger partial charge in [0, 0.05) is 6.26 Å². The molecule has 1 aromatic rings. The van der Waals surface area contributed by atoms with Crippen LogP contribution in [0, 0.1) is 11.3 Å². The van der Waals surface area contributed by atoms with Crippen LogP contribution in [0.25, 0.3) is 0 Å². The quantitative estimate of drug-likeness (QED) is 0.837. The second-order valence-corrected chi connectivity index (χ2v) is 6.20. The largest absolute Gasteiger partial charge is 0.299 e. The van der Waals surface area contributed by atoms with Gasteiger partial charge in [0.25, 0.3) is 0 Å². The predicted molar refractivity (Wildman–Crippen MR) is 70.8 cm³/mol. The lowest BCUT2D eigenvalue weighted by Crippen LogP contribution is -2.32. The number of nitriles is 1. The van der Waals surface area contributed by atoms with Gasteiger partial charge in [0.15, 0.2) is 4.38 Å². The van der Waals surface area contributed by atoms with Crippen molar-refractivity contribution in [3.8, 4) is 6.07 Å². The Morgan fingerprint density at radius 3 is 2.76 bits per heavy atom. The van der Waals surface area contributed by atoms with Crippen LogP contribution in [-0.2, 0) is 10.8 Å². The molecule has 6 heteroatoms. The summed E-state index contributed by atoms with van der Waals surface area (Å²) in [5, 5.41) is 12.9. The maximum atomic E-state index is 11.3. The molecule has 17 heavy (non-hydrogen) atoms. The number of benzene rings is 1. The van der Waals surface area contributed by atoms with Crippen molar-refractivity contribution < 1.29 is 4.21 Å². The van der Waals surface area contributed by atoms with Crippen molar-refractivity contribution in [1.29, 1.82) is 5.26 Å². The molecular formula is C11H11N3OS2. The number of thioether (sulfide) groups is 1. The highest BCUT2D eigenvalue weighted by Crippen LogP contribution is 2.31. The first-order chi connectivity index (χ1) is 8.22. The van der Waals surface area contributed by atoms with Crippen LogP contribution in [0.3, 0.4) is 0 Å². The number of nitrogens with zero attached hydrogens (tertiary/aromatic N) is 2. The predicted octanol–water partition coefficient (Wildman–Crippen LogP) is 1.61. The Morgan fingerprint density at radius 2 is 2.18 bits per heavy atom. The minimum atomic E-state index is -1.15. The molecule has 1 unspecified atom stereocenters. The second-order valence-electron chi connectivity index (χ2n) is 3.52. The van der Waals surface area contributed by atoms with E-state index in [4.69, 9.17) is 5.26 Å². The molecule has 4 nitrogen and oxygen atoms in total. The Labute approximate surface area is 107 Å². The first-order valence-electron chi connectivity index (χ1n) is 5.00. The van der Waals surface area contributed by atoms with E-state index in [1.807, 2.05) is 30.3 Å². The summed E-state index contributed by atoms with van der Waals surface area (Å²) in [6.07, 6.45) is 1.56. The van der Waals surface area contributed by atoms with Crippen molar-refractivity contribution in [2.75, 3.05) is 6.26 Å². The minimum absolute atomic E-state index is 0.154. The van der Waals surface area contributed by atoms with E-state index in [-0.39, 0.29) is 11.3 Å². The van der Waals surface area contributed by atoms with Crippen LogP contribution in [-0.4, -0.2) is 20.1 Å². The van der Waals surface area contributed by atoms with Crippen LogP contribution >= 0.6 is 11.8 Å². The third-order valence-electron chi connectivity index (χ3n) is 2.36. The van der Waals surface area contributed by atoms with Gasteiger partial charge in [-0.2, -0.15) is 10.4 Å². The normalized spacial score (nSPS) is 25.3. The molecule has 3 atom stereocenters. The van der Waals surface area contributed by atoms with Gasteiger partial charge >= 0.3 is 0 Å². The summed E-state index contributed by atoms with van der Waals surface area (Å²) in [5.41, 5.74) is 3.93. The number of hydrogen-bond donors (Lipinski definition) is 1. The first-order valence-corrected chi connectivity index (χ1v) is 7.44. The minimum Gasteiger partial charge on any atom is -0.299 e. The summed E-state index contributed by atoms with van der Waals surface area (Å²) in [6, 6.07) is 11.7. The molecule has 1 aromatic carbocycles. The summed E-state index contributed by atoms with van der Waals surface area (Å²) in [5.74, 6) is 0. The van der Waals surface area contributed by atoms with Gasteiger partial charge in [-0.25, -0.2) is 0 Å². The van der Waals surface area contributed by atoms with E-state index >= 15 is 0 Å². The molecule has 0 aliphatic carbocycles. The lowest BCUT2D eigenvalue weighted by Gasteiger charge is -2.26. The van der Waals surface area contributed by atoms with Crippen LogP contribution in [0.4, 0.5) is 0 Å². The Balaban J connectivity index is 2.26. The van der Waals surface area contributed by atoms with Gasteiger partial charge in [0.2, 0.25) is 0 Å². The van der Waals surface area contributed by atoms with Gasteiger partial charge in [-0.15, -0.1) is 0 Å². The summed E-state index contributed by atoms with van der Waals surface area (Å²) < 4.78 is 11.8. The average Bonchev–Trinajstić information content (AvgIpc) is 2.39. The molecule has 0 aromatic heterocycles. The second kappa shape index (κ2) is 5.34. The molecule has 0 spiro atoms. The molecule has 1 aliphatic rings. The van der Waals surface area contributed by atoms with Crippen molar-refractivity contribution in [3.05, 3.63) is 35.9 Å². The van der Waals surface area contributed by atoms with Gasteiger partial charge in [0.05, 0.1) is 22.9 Å². The zero-order chi connectivity index (χ0) is 12.3. The molecule has 0 amide bonds. The SMILES string of the molecule is CS(=O)C1=NN[C@H](c2ccccc2)[C@@H](C#N)S1. The Hall–Kier alpha value is -1.32. The van der Waals surface area contributed by atoms with E-state index in [1.54, 1.807) is 6.26 Å². The fraction of sp³-hybridized carbons (Fsp3) is 0.273. The van der Waals surface area contributed by atoms with Crippen molar-refractivity contribution in [2.24, 2.45) is 5.10 Å². The summed E-state index contributed by atoms with van der Waals surface area (Å²) in [4.78, 5) is 0. The molecule has 2 rings (SSSR count). The highest BCUT2D eigenvalue weighted by Gasteiger charge is 2.30. The molecule has 0 saturated heterocycles. The molecule has 88 valence electrons. The molecule has 0 bridgehead atoms. The van der Waals surface area contributed by atoms with E-state index < -0.39 is 10.8 Å². The Bertz CT molecular complexity index is 495. The first kappa shape index (κ1) is 12.1. The lowest BCUT2D eigenvalue weighted by atomic mass is 10.1. The highest BCUT2D eigenvalue weighted by molar-refractivity contribution is 8.33. The van der Waals surface area contributed by atoms with E-state index in [0.29, 0.717) is 4.38 Å². The number of hydrazone groups is 1. The fourth-order valence-corrected chi connectivity index (χ4v) is 3.30. The zero-order valence-electron chi connectivity index (χ0n) is 9.16. The van der Waals surface area contributed by atoms with Crippen LogP contribution in [0.2, 0.25) is 0 Å².